The fourth-order valence-electron chi connectivity index (χ4n) is 10.1. The molecular formula is C46H49FN4O5. The molecule has 3 aliphatic heterocycles. The number of ketones is 2. The second-order valence-corrected chi connectivity index (χ2v) is 16.6. The molecule has 3 atom stereocenters. The Balaban J connectivity index is 0.799. The van der Waals surface area contributed by atoms with Crippen LogP contribution in [0.1, 0.15) is 88.5 Å². The Morgan fingerprint density at radius 3 is 2.14 bits per heavy atom. The standard InChI is InChI=1S/C46H49FN4O5/c47-34-6-1-30(2-7-34)39-13-5-32-26-37(52)11-15-40(32)44(39)31-3-8-35(9-4-31)49-19-17-46(56,18-20-49)29-48-21-23-50(24-22-48)36-10-14-41-33(25-36)28-51(45(41)55)42-16-12-38(53)27-43(42)54/h1-4,6-11,14-15,25-26,39,42,44,52,56H,5,12-13,16-24,27-29H2/t39-,42?,44+/m1/s1. The first-order chi connectivity index (χ1) is 27.1. The van der Waals surface area contributed by atoms with Gasteiger partial charge in [-0.1, -0.05) is 30.3 Å². The van der Waals surface area contributed by atoms with Gasteiger partial charge < -0.3 is 24.9 Å². The molecule has 9 rings (SSSR count). The van der Waals surface area contributed by atoms with Crippen LogP contribution in [0.15, 0.2) is 84.9 Å². The topological polar surface area (TPSA) is 105 Å². The Labute approximate surface area is 327 Å². The van der Waals surface area contributed by atoms with Crippen molar-refractivity contribution in [1.29, 1.82) is 0 Å². The Bertz CT molecular complexity index is 2140. The number of benzene rings is 4. The molecule has 0 bridgehead atoms. The quantitative estimate of drug-likeness (QED) is 0.215. The predicted octanol–water partition coefficient (Wildman–Crippen LogP) is 6.19. The molecule has 2 saturated heterocycles. The monoisotopic (exact) mass is 756 g/mol. The summed E-state index contributed by atoms with van der Waals surface area (Å²) in [4.78, 5) is 46.2. The summed E-state index contributed by atoms with van der Waals surface area (Å²) in [5.74, 6) is 0.0301. The number of fused-ring (bicyclic) bond motifs is 2. The SMILES string of the molecule is O=C1CCC(N2Cc3cc(N4CCN(CC5(O)CCN(c6ccc([C@@H]7c8ccc(O)cc8CC[C@@H]7c7ccc(F)cc7)cc6)CC5)CC4)ccc3C2=O)C(=O)C1. The van der Waals surface area contributed by atoms with Crippen molar-refractivity contribution in [3.05, 3.63) is 124 Å². The highest BCUT2D eigenvalue weighted by Crippen LogP contribution is 2.47. The van der Waals surface area contributed by atoms with E-state index in [0.717, 1.165) is 80.2 Å². The van der Waals surface area contributed by atoms with Gasteiger partial charge in [-0.25, -0.2) is 4.39 Å². The summed E-state index contributed by atoms with van der Waals surface area (Å²) in [5, 5.41) is 22.0. The number of carbonyl (C=O) groups excluding carboxylic acids is 3. The molecule has 4 aromatic rings. The summed E-state index contributed by atoms with van der Waals surface area (Å²) in [6.07, 6.45) is 3.84. The molecule has 1 saturated carbocycles. The summed E-state index contributed by atoms with van der Waals surface area (Å²) in [5.41, 5.74) is 7.74. The van der Waals surface area contributed by atoms with E-state index < -0.39 is 11.6 Å². The number of rotatable bonds is 7. The van der Waals surface area contributed by atoms with Crippen molar-refractivity contribution >= 4 is 28.8 Å². The van der Waals surface area contributed by atoms with Crippen LogP contribution in [0.4, 0.5) is 15.8 Å². The molecule has 1 amide bonds. The number of β-amino-alcohol motifs (C(OH)–C–C–N with tert-alkyl or cyclic N) is 1. The minimum Gasteiger partial charge on any atom is -0.508 e. The van der Waals surface area contributed by atoms with Crippen LogP contribution in [-0.4, -0.2) is 94.9 Å². The molecule has 4 aromatic carbocycles. The number of piperidine rings is 1. The maximum Gasteiger partial charge on any atom is 0.255 e. The maximum absolute atomic E-state index is 13.9. The van der Waals surface area contributed by atoms with Gasteiger partial charge in [0.05, 0.1) is 18.1 Å². The number of Topliss-reactive ketones (excluding diaryl/α,β-unsaturated/α-hetero) is 2. The highest BCUT2D eigenvalue weighted by molar-refractivity contribution is 6.07. The van der Waals surface area contributed by atoms with Crippen LogP contribution in [0.5, 0.6) is 5.75 Å². The number of aliphatic hydroxyl groups is 1. The lowest BCUT2D eigenvalue weighted by molar-refractivity contribution is -0.133. The maximum atomic E-state index is 13.9. The highest BCUT2D eigenvalue weighted by Gasteiger charge is 2.40. The number of phenols is 1. The third kappa shape index (κ3) is 7.09. The Hall–Kier alpha value is -5.06. The lowest BCUT2D eigenvalue weighted by Gasteiger charge is -2.44. The van der Waals surface area contributed by atoms with Gasteiger partial charge in [-0.15, -0.1) is 0 Å². The molecule has 9 nitrogen and oxygen atoms in total. The summed E-state index contributed by atoms with van der Waals surface area (Å²) >= 11 is 0. The number of amides is 1. The molecule has 5 aliphatic rings. The van der Waals surface area contributed by atoms with Gasteiger partial charge in [0.1, 0.15) is 17.3 Å². The molecule has 0 spiro atoms. The highest BCUT2D eigenvalue weighted by atomic mass is 19.1. The Kier molecular flexibility index (Phi) is 9.66. The average molecular weight is 757 g/mol. The fraction of sp³-hybridized carbons (Fsp3) is 0.413. The number of aryl methyl sites for hydroxylation is 1. The molecule has 2 N–H and O–H groups in total. The smallest absolute Gasteiger partial charge is 0.255 e. The van der Waals surface area contributed by atoms with Crippen LogP contribution in [0, 0.1) is 5.82 Å². The second-order valence-electron chi connectivity index (χ2n) is 16.6. The van der Waals surface area contributed by atoms with Crippen molar-refractivity contribution in [2.45, 2.75) is 75.0 Å². The van der Waals surface area contributed by atoms with E-state index in [1.165, 1.54) is 11.1 Å². The van der Waals surface area contributed by atoms with Crippen molar-refractivity contribution in [3.8, 4) is 5.75 Å². The number of aromatic hydroxyl groups is 1. The molecule has 0 radical (unpaired) electrons. The lowest BCUT2D eigenvalue weighted by Crippen LogP contribution is -2.55. The zero-order valence-electron chi connectivity index (χ0n) is 31.7. The van der Waals surface area contributed by atoms with Gasteiger partial charge in [0.15, 0.2) is 5.78 Å². The lowest BCUT2D eigenvalue weighted by atomic mass is 9.69. The van der Waals surface area contributed by atoms with Crippen molar-refractivity contribution in [1.82, 2.24) is 9.80 Å². The van der Waals surface area contributed by atoms with Crippen molar-refractivity contribution < 1.29 is 29.0 Å². The summed E-state index contributed by atoms with van der Waals surface area (Å²) < 4.78 is 13.9. The molecule has 10 heteroatoms. The van der Waals surface area contributed by atoms with Crippen LogP contribution < -0.4 is 9.80 Å². The van der Waals surface area contributed by atoms with Crippen molar-refractivity contribution in [3.63, 3.8) is 0 Å². The van der Waals surface area contributed by atoms with E-state index in [1.54, 1.807) is 23.1 Å². The number of phenolic OH excluding ortho intramolecular Hbond substituents is 1. The molecule has 0 aromatic heterocycles. The fourth-order valence-corrected chi connectivity index (χ4v) is 10.1. The second kappa shape index (κ2) is 14.8. The van der Waals surface area contributed by atoms with E-state index in [9.17, 15) is 29.0 Å². The molecular weight excluding hydrogens is 708 g/mol. The average Bonchev–Trinajstić information content (AvgIpc) is 3.53. The molecule has 3 heterocycles. The van der Waals surface area contributed by atoms with Gasteiger partial charge >= 0.3 is 0 Å². The predicted molar refractivity (Wildman–Crippen MR) is 213 cm³/mol. The number of anilines is 2. The van der Waals surface area contributed by atoms with Crippen LogP contribution in [-0.2, 0) is 22.6 Å². The van der Waals surface area contributed by atoms with Crippen LogP contribution in [0.25, 0.3) is 0 Å². The molecule has 290 valence electrons. The van der Waals surface area contributed by atoms with Crippen molar-refractivity contribution in [2.75, 3.05) is 55.6 Å². The Morgan fingerprint density at radius 2 is 1.41 bits per heavy atom. The number of carbonyl (C=O) groups is 3. The van der Waals surface area contributed by atoms with E-state index in [0.29, 0.717) is 44.3 Å². The normalized spacial score (nSPS) is 24.0. The number of hydrogen-bond acceptors (Lipinski definition) is 8. The number of nitrogens with zero attached hydrogens (tertiary/aromatic N) is 4. The largest absolute Gasteiger partial charge is 0.508 e. The van der Waals surface area contributed by atoms with Crippen LogP contribution in [0.3, 0.4) is 0 Å². The summed E-state index contributed by atoms with van der Waals surface area (Å²) in [6.45, 7) is 5.90. The first kappa shape index (κ1) is 36.6. The first-order valence-corrected chi connectivity index (χ1v) is 20.2. The summed E-state index contributed by atoms with van der Waals surface area (Å²) in [6, 6.07) is 26.9. The third-order valence-corrected chi connectivity index (χ3v) is 13.2. The van der Waals surface area contributed by atoms with E-state index >= 15 is 0 Å². The van der Waals surface area contributed by atoms with Gasteiger partial charge in [0.25, 0.3) is 5.91 Å². The first-order valence-electron chi connectivity index (χ1n) is 20.2. The third-order valence-electron chi connectivity index (χ3n) is 13.2. The molecule has 2 aliphatic carbocycles. The Morgan fingerprint density at radius 1 is 0.714 bits per heavy atom. The summed E-state index contributed by atoms with van der Waals surface area (Å²) in [7, 11) is 0. The molecule has 56 heavy (non-hydrogen) atoms. The number of halogens is 1. The zero-order chi connectivity index (χ0) is 38.6. The number of hydrogen-bond donors (Lipinski definition) is 2. The van der Waals surface area contributed by atoms with Gasteiger partial charge in [-0.05, 0) is 120 Å². The van der Waals surface area contributed by atoms with Crippen molar-refractivity contribution in [2.24, 2.45) is 0 Å². The number of piperazine rings is 1. The van der Waals surface area contributed by atoms with Gasteiger partial charge in [-0.2, -0.15) is 0 Å². The molecule has 3 fully saturated rings. The van der Waals surface area contributed by atoms with Crippen LogP contribution in [0.2, 0.25) is 0 Å². The molecule has 1 unspecified atom stereocenters. The van der Waals surface area contributed by atoms with Gasteiger partial charge in [0.2, 0.25) is 0 Å². The van der Waals surface area contributed by atoms with E-state index in [1.807, 2.05) is 36.4 Å². The van der Waals surface area contributed by atoms with E-state index in [2.05, 4.69) is 45.0 Å². The van der Waals surface area contributed by atoms with Gasteiger partial charge in [-0.3, -0.25) is 19.3 Å². The zero-order valence-corrected chi connectivity index (χ0v) is 31.7. The van der Waals surface area contributed by atoms with Gasteiger partial charge in [0, 0.05) is 81.6 Å². The van der Waals surface area contributed by atoms with Crippen LogP contribution >= 0.6 is 0 Å². The minimum atomic E-state index is -0.753. The van der Waals surface area contributed by atoms with E-state index in [4.69, 9.17) is 0 Å². The minimum absolute atomic E-state index is 0.0404. The van der Waals surface area contributed by atoms with E-state index in [-0.39, 0.29) is 47.3 Å².